The summed E-state index contributed by atoms with van der Waals surface area (Å²) in [6.07, 6.45) is 2.57. The predicted molar refractivity (Wildman–Crippen MR) is 211 cm³/mol. The number of nitrogens with one attached hydrogen (secondary N) is 2. The lowest BCUT2D eigenvalue weighted by atomic mass is 9.49. The van der Waals surface area contributed by atoms with E-state index in [4.69, 9.17) is 16.3 Å². The van der Waals surface area contributed by atoms with Gasteiger partial charge in [0.25, 0.3) is 17.7 Å². The van der Waals surface area contributed by atoms with Crippen molar-refractivity contribution in [1.82, 2.24) is 20.4 Å². The quantitative estimate of drug-likeness (QED) is 0.189. The zero-order valence-electron chi connectivity index (χ0n) is 32.5. The lowest BCUT2D eigenvalue weighted by molar-refractivity contribution is -0.164. The van der Waals surface area contributed by atoms with Gasteiger partial charge in [-0.25, -0.2) is 4.39 Å². The molecule has 0 bridgehead atoms. The van der Waals surface area contributed by atoms with Crippen LogP contribution in [0.5, 0.6) is 5.75 Å². The number of nitrogens with zero attached hydrogens (tertiary/aromatic N) is 4. The van der Waals surface area contributed by atoms with Crippen molar-refractivity contribution in [1.29, 1.82) is 5.26 Å². The van der Waals surface area contributed by atoms with E-state index in [-0.39, 0.29) is 58.5 Å². The van der Waals surface area contributed by atoms with E-state index < -0.39 is 35.5 Å². The van der Waals surface area contributed by atoms with E-state index in [2.05, 4.69) is 49.3 Å². The summed E-state index contributed by atoms with van der Waals surface area (Å²) in [6, 6.07) is 16.0. The van der Waals surface area contributed by atoms with Crippen molar-refractivity contribution in [3.63, 3.8) is 0 Å². The molecule has 57 heavy (non-hydrogen) atoms. The highest BCUT2D eigenvalue weighted by atomic mass is 35.5. The third-order valence-electron chi connectivity index (χ3n) is 12.1. The van der Waals surface area contributed by atoms with Crippen LogP contribution in [0.2, 0.25) is 5.02 Å². The smallest absolute Gasteiger partial charge is 0.264 e. The monoisotopic (exact) mass is 796 g/mol. The van der Waals surface area contributed by atoms with Crippen LogP contribution in [0.3, 0.4) is 0 Å². The van der Waals surface area contributed by atoms with Crippen molar-refractivity contribution in [2.45, 2.75) is 78.0 Å². The minimum absolute atomic E-state index is 0.00913. The predicted octanol–water partition coefficient (Wildman–Crippen LogP) is 5.51. The zero-order chi connectivity index (χ0) is 40.8. The number of carbonyl (C=O) groups excluding carboxylic acids is 5. The minimum atomic E-state index is -1.11. The number of ether oxygens (including phenoxy) is 1. The molecule has 3 heterocycles. The molecule has 2 N–H and O–H groups in total. The Morgan fingerprint density at radius 3 is 2.32 bits per heavy atom. The van der Waals surface area contributed by atoms with Crippen LogP contribution in [-0.4, -0.2) is 90.2 Å². The fraction of sp³-hybridized carbons (Fsp3) is 0.442. The summed E-state index contributed by atoms with van der Waals surface area (Å²) in [6.45, 7) is 11.4. The number of piperidine rings is 1. The molecule has 1 aliphatic carbocycles. The maximum atomic E-state index is 15.4. The number of rotatable bonds is 11. The summed E-state index contributed by atoms with van der Waals surface area (Å²) < 4.78 is 21.7. The summed E-state index contributed by atoms with van der Waals surface area (Å²) in [4.78, 5) is 69.3. The van der Waals surface area contributed by atoms with Crippen molar-refractivity contribution in [3.05, 3.63) is 93.3 Å². The van der Waals surface area contributed by atoms with Crippen LogP contribution in [0, 0.1) is 28.0 Å². The van der Waals surface area contributed by atoms with Gasteiger partial charge in [0.2, 0.25) is 11.8 Å². The molecule has 0 radical (unpaired) electrons. The molecular weight excluding hydrogens is 751 g/mol. The Morgan fingerprint density at radius 1 is 0.965 bits per heavy atom. The molecule has 0 aromatic heterocycles. The molecule has 5 amide bonds. The highest BCUT2D eigenvalue weighted by Crippen LogP contribution is 2.55. The Hall–Kier alpha value is -5.32. The summed E-state index contributed by atoms with van der Waals surface area (Å²) in [7, 11) is 0. The average Bonchev–Trinajstić information content (AvgIpc) is 3.43. The van der Waals surface area contributed by atoms with E-state index in [0.717, 1.165) is 36.3 Å². The highest BCUT2D eigenvalue weighted by molar-refractivity contribution is 6.31. The normalized spacial score (nSPS) is 22.7. The second-order valence-electron chi connectivity index (χ2n) is 16.5. The standard InChI is InChI=1S/C43H46ClFN6O6/c1-42(2)40(43(3,4)41(42)57-28-13-12-27(24-46)30(44)23-28)48-36(53)26-10-8-25(9-11-26)7-5-6-18-49-19-21-50(22-20-49)35-31(45)15-14-29-34(35)39(56)51(38(29)55)32-16-17-33(52)47-37(32)54/h8-15,23,32,40-41H,5-7,16-22H2,1-4H3,(H,48,53)(H,47,52,54)/t32?,40-,41-. The van der Waals surface area contributed by atoms with Crippen molar-refractivity contribution in [2.75, 3.05) is 37.6 Å². The second kappa shape index (κ2) is 15.6. The molecule has 3 aromatic rings. The number of anilines is 1. The molecule has 12 nitrogen and oxygen atoms in total. The van der Waals surface area contributed by atoms with Gasteiger partial charge in [-0.2, -0.15) is 5.26 Å². The molecule has 4 aliphatic rings. The van der Waals surface area contributed by atoms with Gasteiger partial charge in [-0.3, -0.25) is 39.1 Å². The van der Waals surface area contributed by atoms with E-state index in [1.807, 2.05) is 24.3 Å². The third-order valence-corrected chi connectivity index (χ3v) is 12.4. The lowest BCUT2D eigenvalue weighted by Gasteiger charge is -2.63. The van der Waals surface area contributed by atoms with Crippen LogP contribution in [0.25, 0.3) is 0 Å². The molecule has 2 saturated heterocycles. The molecule has 7 rings (SSSR count). The van der Waals surface area contributed by atoms with Gasteiger partial charge in [0.1, 0.15) is 29.8 Å². The number of piperazine rings is 1. The van der Waals surface area contributed by atoms with Gasteiger partial charge in [-0.1, -0.05) is 51.4 Å². The van der Waals surface area contributed by atoms with E-state index in [1.165, 1.54) is 12.1 Å². The first-order valence-electron chi connectivity index (χ1n) is 19.4. The topological polar surface area (TPSA) is 152 Å². The van der Waals surface area contributed by atoms with Gasteiger partial charge in [0, 0.05) is 61.1 Å². The van der Waals surface area contributed by atoms with Crippen molar-refractivity contribution in [2.24, 2.45) is 10.8 Å². The van der Waals surface area contributed by atoms with E-state index >= 15 is 4.39 Å². The van der Waals surface area contributed by atoms with E-state index in [0.29, 0.717) is 48.1 Å². The van der Waals surface area contributed by atoms with Crippen LogP contribution in [-0.2, 0) is 16.0 Å². The third kappa shape index (κ3) is 7.48. The van der Waals surface area contributed by atoms with Gasteiger partial charge < -0.3 is 15.0 Å². The van der Waals surface area contributed by atoms with E-state index in [9.17, 15) is 29.2 Å². The van der Waals surface area contributed by atoms with Crippen molar-refractivity contribution in [3.8, 4) is 11.8 Å². The Bertz CT molecular complexity index is 2160. The zero-order valence-corrected chi connectivity index (χ0v) is 33.2. The van der Waals surface area contributed by atoms with Crippen LogP contribution >= 0.6 is 11.6 Å². The number of aryl methyl sites for hydroxylation is 1. The van der Waals surface area contributed by atoms with Crippen LogP contribution < -0.4 is 20.3 Å². The molecule has 3 aromatic carbocycles. The van der Waals surface area contributed by atoms with Gasteiger partial charge in [0.05, 0.1) is 27.4 Å². The van der Waals surface area contributed by atoms with Crippen LogP contribution in [0.1, 0.15) is 95.6 Å². The van der Waals surface area contributed by atoms with E-state index in [1.54, 1.807) is 23.1 Å². The fourth-order valence-corrected chi connectivity index (χ4v) is 9.53. The van der Waals surface area contributed by atoms with Crippen molar-refractivity contribution >= 4 is 46.8 Å². The number of hydrogen-bond donors (Lipinski definition) is 2. The number of halogens is 2. The van der Waals surface area contributed by atoms with Gasteiger partial charge >= 0.3 is 0 Å². The van der Waals surface area contributed by atoms with Gasteiger partial charge in [-0.15, -0.1) is 0 Å². The largest absolute Gasteiger partial charge is 0.489 e. The number of unbranched alkanes of at least 4 members (excludes halogenated alkanes) is 1. The Balaban J connectivity index is 0.869. The minimum Gasteiger partial charge on any atom is -0.489 e. The second-order valence-corrected chi connectivity index (χ2v) is 17.0. The fourth-order valence-electron chi connectivity index (χ4n) is 9.32. The Kier molecular flexibility index (Phi) is 10.9. The summed E-state index contributed by atoms with van der Waals surface area (Å²) in [5.41, 5.74) is 1.49. The number of benzene rings is 3. The lowest BCUT2D eigenvalue weighted by Crippen LogP contribution is -2.74. The van der Waals surface area contributed by atoms with Gasteiger partial charge in [-0.05, 0) is 74.2 Å². The maximum Gasteiger partial charge on any atom is 0.264 e. The summed E-state index contributed by atoms with van der Waals surface area (Å²) in [5, 5.41) is 15.0. The number of imide groups is 2. The molecule has 298 valence electrons. The van der Waals surface area contributed by atoms with Gasteiger partial charge in [0.15, 0.2) is 0 Å². The van der Waals surface area contributed by atoms with Crippen LogP contribution in [0.15, 0.2) is 54.6 Å². The molecule has 0 spiro atoms. The molecule has 3 aliphatic heterocycles. The first kappa shape index (κ1) is 39.9. The molecular formula is C43H46ClFN6O6. The first-order chi connectivity index (χ1) is 27.1. The molecule has 1 atom stereocenters. The summed E-state index contributed by atoms with van der Waals surface area (Å²) >= 11 is 6.23. The molecule has 1 unspecified atom stereocenters. The average molecular weight is 797 g/mol. The number of amides is 5. The van der Waals surface area contributed by atoms with Crippen molar-refractivity contribution < 1.29 is 33.1 Å². The maximum absolute atomic E-state index is 15.4. The Morgan fingerprint density at radius 2 is 1.67 bits per heavy atom. The molecule has 1 saturated carbocycles. The number of nitriles is 1. The molecule has 14 heteroatoms. The molecule has 3 fully saturated rings. The Labute approximate surface area is 336 Å². The summed E-state index contributed by atoms with van der Waals surface area (Å²) in [5.74, 6) is -2.69. The first-order valence-corrected chi connectivity index (χ1v) is 19.8. The SMILES string of the molecule is CC1(C)[C@H](NC(=O)c2ccc(CCCCN3CCN(c4c(F)ccc5c4C(=O)N(C4CCC(=O)NC4=O)C5=O)CC3)cc2)C(C)(C)[C@H]1Oc1ccc(C#N)c(Cl)c1. The number of carbonyl (C=O) groups is 5. The number of fused-ring (bicyclic) bond motifs is 1. The van der Waals surface area contributed by atoms with Crippen LogP contribution in [0.4, 0.5) is 10.1 Å². The number of hydrogen-bond acceptors (Lipinski definition) is 9. The highest BCUT2D eigenvalue weighted by Gasteiger charge is 2.64.